The van der Waals surface area contributed by atoms with E-state index >= 15 is 0 Å². The van der Waals surface area contributed by atoms with Gasteiger partial charge in [0.1, 0.15) is 0 Å². The predicted molar refractivity (Wildman–Crippen MR) is 93.5 cm³/mol. The SMILES string of the molecule is NCCNC(=O)c1cc2cc(=O)[nH]cc2c2cc(Cl)c(Cl)cc12. The molecule has 0 aliphatic rings. The Hall–Kier alpha value is -2.08. The topological polar surface area (TPSA) is 88.0 Å². The number of halogens is 2. The number of carbonyl (C=O) groups excluding carboxylic acids is 1. The van der Waals surface area contributed by atoms with Crippen molar-refractivity contribution in [3.8, 4) is 0 Å². The van der Waals surface area contributed by atoms with Crippen LogP contribution in [0.25, 0.3) is 21.5 Å². The highest BCUT2D eigenvalue weighted by Gasteiger charge is 2.15. The second kappa shape index (κ2) is 6.20. The number of aromatic amines is 1. The first kappa shape index (κ1) is 15.8. The summed E-state index contributed by atoms with van der Waals surface area (Å²) < 4.78 is 0. The molecule has 0 radical (unpaired) electrons. The Morgan fingerprint density at radius 3 is 2.48 bits per heavy atom. The lowest BCUT2D eigenvalue weighted by molar-refractivity contribution is 0.0956. The zero-order chi connectivity index (χ0) is 16.6. The smallest absolute Gasteiger partial charge is 0.251 e. The molecule has 2 aromatic carbocycles. The second-order valence-electron chi connectivity index (χ2n) is 5.08. The van der Waals surface area contributed by atoms with Gasteiger partial charge in [0.05, 0.1) is 10.0 Å². The van der Waals surface area contributed by atoms with Crippen molar-refractivity contribution in [2.75, 3.05) is 13.1 Å². The van der Waals surface area contributed by atoms with E-state index in [4.69, 9.17) is 28.9 Å². The molecule has 1 amide bonds. The lowest BCUT2D eigenvalue weighted by Gasteiger charge is -2.11. The lowest BCUT2D eigenvalue weighted by atomic mass is 9.98. The molecule has 0 fully saturated rings. The van der Waals surface area contributed by atoms with Crippen LogP contribution in [0.2, 0.25) is 10.0 Å². The molecule has 0 aliphatic carbocycles. The van der Waals surface area contributed by atoms with Gasteiger partial charge in [0, 0.05) is 36.3 Å². The highest BCUT2D eigenvalue weighted by molar-refractivity contribution is 6.43. The van der Waals surface area contributed by atoms with E-state index in [0.29, 0.717) is 39.5 Å². The van der Waals surface area contributed by atoms with Crippen LogP contribution in [0, 0.1) is 0 Å². The van der Waals surface area contributed by atoms with Crippen LogP contribution in [0.1, 0.15) is 10.4 Å². The summed E-state index contributed by atoms with van der Waals surface area (Å²) in [5, 5.41) is 6.30. The Balaban J connectivity index is 2.38. The van der Waals surface area contributed by atoms with Crippen LogP contribution in [0.3, 0.4) is 0 Å². The molecule has 5 nitrogen and oxygen atoms in total. The van der Waals surface area contributed by atoms with Crippen molar-refractivity contribution in [2.24, 2.45) is 5.73 Å². The molecule has 0 saturated carbocycles. The summed E-state index contributed by atoms with van der Waals surface area (Å²) in [7, 11) is 0. The second-order valence-corrected chi connectivity index (χ2v) is 5.90. The molecular weight excluding hydrogens is 337 g/mol. The van der Waals surface area contributed by atoms with Gasteiger partial charge in [0.2, 0.25) is 5.56 Å². The number of carbonyl (C=O) groups is 1. The fourth-order valence-electron chi connectivity index (χ4n) is 2.53. The van der Waals surface area contributed by atoms with Crippen LogP contribution < -0.4 is 16.6 Å². The van der Waals surface area contributed by atoms with Gasteiger partial charge in [-0.1, -0.05) is 23.2 Å². The number of hydrogen-bond acceptors (Lipinski definition) is 3. The van der Waals surface area contributed by atoms with Gasteiger partial charge in [0.25, 0.3) is 5.91 Å². The standard InChI is InChI=1S/C16H13Cl2N3O2/c17-13-5-9-10(6-14(13)18)12-7-21-15(22)4-8(12)3-11(9)16(23)20-2-1-19/h3-7H,1-2,19H2,(H,20,23)(H,21,22). The Morgan fingerprint density at radius 1 is 1.09 bits per heavy atom. The average Bonchev–Trinajstić information content (AvgIpc) is 2.53. The summed E-state index contributed by atoms with van der Waals surface area (Å²) in [6, 6.07) is 6.46. The van der Waals surface area contributed by atoms with Gasteiger partial charge >= 0.3 is 0 Å². The van der Waals surface area contributed by atoms with E-state index in [1.165, 1.54) is 6.07 Å². The molecule has 0 bridgehead atoms. The number of rotatable bonds is 3. The summed E-state index contributed by atoms with van der Waals surface area (Å²) in [5.41, 5.74) is 5.60. The molecule has 0 spiro atoms. The highest BCUT2D eigenvalue weighted by atomic mass is 35.5. The molecular formula is C16H13Cl2N3O2. The van der Waals surface area contributed by atoms with Crippen LogP contribution in [-0.4, -0.2) is 24.0 Å². The molecule has 1 aromatic heterocycles. The molecule has 3 rings (SSSR count). The van der Waals surface area contributed by atoms with Crippen molar-refractivity contribution >= 4 is 50.7 Å². The molecule has 0 aliphatic heterocycles. The minimum Gasteiger partial charge on any atom is -0.351 e. The summed E-state index contributed by atoms with van der Waals surface area (Å²) in [6.07, 6.45) is 1.60. The Morgan fingerprint density at radius 2 is 1.78 bits per heavy atom. The Labute approximate surface area is 141 Å². The first-order valence-corrected chi connectivity index (χ1v) is 7.69. The molecule has 23 heavy (non-hydrogen) atoms. The maximum atomic E-state index is 12.4. The third-order valence-electron chi connectivity index (χ3n) is 3.57. The molecule has 0 atom stereocenters. The summed E-state index contributed by atoms with van der Waals surface area (Å²) in [4.78, 5) is 26.6. The van der Waals surface area contributed by atoms with E-state index in [2.05, 4.69) is 10.3 Å². The lowest BCUT2D eigenvalue weighted by Crippen LogP contribution is -2.29. The number of aromatic nitrogens is 1. The number of nitrogens with one attached hydrogen (secondary N) is 2. The number of hydrogen-bond donors (Lipinski definition) is 3. The van der Waals surface area contributed by atoms with Crippen LogP contribution in [0.15, 0.2) is 35.3 Å². The van der Waals surface area contributed by atoms with Crippen molar-refractivity contribution in [1.82, 2.24) is 10.3 Å². The van der Waals surface area contributed by atoms with E-state index in [9.17, 15) is 9.59 Å². The van der Waals surface area contributed by atoms with Gasteiger partial charge in [0.15, 0.2) is 0 Å². The maximum absolute atomic E-state index is 12.4. The quantitative estimate of drug-likeness (QED) is 0.635. The highest BCUT2D eigenvalue weighted by Crippen LogP contribution is 2.34. The molecule has 0 unspecified atom stereocenters. The first-order valence-electron chi connectivity index (χ1n) is 6.93. The molecule has 1 heterocycles. The van der Waals surface area contributed by atoms with Crippen molar-refractivity contribution < 1.29 is 4.79 Å². The number of nitrogens with two attached hydrogens (primary N) is 1. The van der Waals surface area contributed by atoms with Gasteiger partial charge in [-0.3, -0.25) is 9.59 Å². The van der Waals surface area contributed by atoms with Crippen molar-refractivity contribution in [1.29, 1.82) is 0 Å². The van der Waals surface area contributed by atoms with Crippen molar-refractivity contribution in [3.05, 3.63) is 56.4 Å². The monoisotopic (exact) mass is 349 g/mol. The van der Waals surface area contributed by atoms with Crippen LogP contribution in [-0.2, 0) is 0 Å². The third kappa shape index (κ3) is 2.91. The molecule has 4 N–H and O–H groups in total. The van der Waals surface area contributed by atoms with Crippen LogP contribution in [0.4, 0.5) is 0 Å². The van der Waals surface area contributed by atoms with E-state index in [-0.39, 0.29) is 11.5 Å². The summed E-state index contributed by atoms with van der Waals surface area (Å²) in [5.74, 6) is -0.277. The fraction of sp³-hybridized carbons (Fsp3) is 0.125. The van der Waals surface area contributed by atoms with Crippen LogP contribution in [0.5, 0.6) is 0 Å². The number of H-pyrrole nitrogens is 1. The summed E-state index contributed by atoms with van der Waals surface area (Å²) in [6.45, 7) is 0.693. The van der Waals surface area contributed by atoms with Gasteiger partial charge < -0.3 is 16.0 Å². The summed E-state index contributed by atoms with van der Waals surface area (Å²) >= 11 is 12.2. The normalized spacial score (nSPS) is 11.1. The average molecular weight is 350 g/mol. The zero-order valence-corrected chi connectivity index (χ0v) is 13.5. The molecule has 118 valence electrons. The molecule has 7 heteroatoms. The molecule has 3 aromatic rings. The Kier molecular flexibility index (Phi) is 4.26. The van der Waals surface area contributed by atoms with E-state index in [1.807, 2.05) is 0 Å². The first-order chi connectivity index (χ1) is 11.0. The van der Waals surface area contributed by atoms with Gasteiger partial charge in [-0.15, -0.1) is 0 Å². The van der Waals surface area contributed by atoms with E-state index in [1.54, 1.807) is 24.4 Å². The van der Waals surface area contributed by atoms with Crippen molar-refractivity contribution in [2.45, 2.75) is 0 Å². The minimum absolute atomic E-state index is 0.245. The van der Waals surface area contributed by atoms with E-state index in [0.717, 1.165) is 10.8 Å². The van der Waals surface area contributed by atoms with Crippen molar-refractivity contribution in [3.63, 3.8) is 0 Å². The van der Waals surface area contributed by atoms with E-state index < -0.39 is 0 Å². The predicted octanol–water partition coefficient (Wildman–Crippen LogP) is 2.68. The van der Waals surface area contributed by atoms with Gasteiger partial charge in [-0.2, -0.15) is 0 Å². The Bertz CT molecular complexity index is 982. The molecule has 0 saturated heterocycles. The van der Waals surface area contributed by atoms with Crippen LogP contribution >= 0.6 is 23.2 Å². The largest absolute Gasteiger partial charge is 0.351 e. The number of benzene rings is 2. The maximum Gasteiger partial charge on any atom is 0.251 e. The zero-order valence-electron chi connectivity index (χ0n) is 12.0. The number of amides is 1. The van der Waals surface area contributed by atoms with Gasteiger partial charge in [-0.05, 0) is 34.4 Å². The third-order valence-corrected chi connectivity index (χ3v) is 4.29. The number of pyridine rings is 1. The minimum atomic E-state index is -0.277. The fourth-order valence-corrected chi connectivity index (χ4v) is 2.86. The van der Waals surface area contributed by atoms with Gasteiger partial charge in [-0.25, -0.2) is 0 Å². The number of fused-ring (bicyclic) bond motifs is 3.